The van der Waals surface area contributed by atoms with E-state index in [1.54, 1.807) is 48.8 Å². The van der Waals surface area contributed by atoms with Gasteiger partial charge in [-0.2, -0.15) is 10.4 Å². The molecule has 4 heterocycles. The Morgan fingerprint density at radius 3 is 2.85 bits per heavy atom. The molecule has 10 heteroatoms. The number of nitriles is 1. The average Bonchev–Trinajstić information content (AvgIpc) is 3.48. The van der Waals surface area contributed by atoms with Gasteiger partial charge in [0.1, 0.15) is 18.4 Å². The summed E-state index contributed by atoms with van der Waals surface area (Å²) < 4.78 is 12.4. The number of ether oxygens (including phenoxy) is 2. The van der Waals surface area contributed by atoms with E-state index in [2.05, 4.69) is 21.5 Å². The lowest BCUT2D eigenvalue weighted by atomic mass is 10.0. The molecular formula is C24H26N6O4. The van der Waals surface area contributed by atoms with Crippen molar-refractivity contribution in [1.29, 1.82) is 5.26 Å². The molecule has 10 nitrogen and oxygen atoms in total. The lowest BCUT2D eigenvalue weighted by molar-refractivity contribution is 0.0283. The fourth-order valence-corrected chi connectivity index (χ4v) is 3.59. The van der Waals surface area contributed by atoms with Crippen LogP contribution in [0.15, 0.2) is 42.9 Å². The second kappa shape index (κ2) is 9.41. The van der Waals surface area contributed by atoms with Crippen LogP contribution < -0.4 is 14.8 Å². The first-order chi connectivity index (χ1) is 16.3. The number of aliphatic hydroxyl groups is 1. The summed E-state index contributed by atoms with van der Waals surface area (Å²) in [5.41, 5.74) is 2.58. The van der Waals surface area contributed by atoms with E-state index >= 15 is 0 Å². The largest absolute Gasteiger partial charge is 0.489 e. The van der Waals surface area contributed by atoms with Crippen molar-refractivity contribution in [2.75, 3.05) is 26.8 Å². The minimum atomic E-state index is -1.00. The number of hydrogen-bond acceptors (Lipinski definition) is 7. The standard InChI is InChI=1S/C24H26N6O4/c1-24(2,32)15-34-19-8-20(22-18(9-25)12-28-30(22)14-19)17-6-7-29(13-17)23(31)27-11-16-4-5-21(33-3)26-10-16/h4-6,8,10,12,14,32H,7,11,13,15H2,1-3H3,(H,27,31). The average molecular weight is 463 g/mol. The summed E-state index contributed by atoms with van der Waals surface area (Å²) in [5, 5.41) is 26.7. The highest BCUT2D eigenvalue weighted by atomic mass is 16.5. The van der Waals surface area contributed by atoms with Gasteiger partial charge in [-0.25, -0.2) is 14.3 Å². The van der Waals surface area contributed by atoms with E-state index in [1.165, 1.54) is 6.20 Å². The van der Waals surface area contributed by atoms with Crippen LogP contribution in [0.5, 0.6) is 11.6 Å². The second-order valence-corrected chi connectivity index (χ2v) is 8.63. The first kappa shape index (κ1) is 23.1. The number of carbonyl (C=O) groups excluding carboxylic acids is 1. The van der Waals surface area contributed by atoms with E-state index in [0.717, 1.165) is 16.7 Å². The van der Waals surface area contributed by atoms with Gasteiger partial charge in [0, 0.05) is 37.5 Å². The molecule has 2 amide bonds. The molecule has 0 radical (unpaired) electrons. The quantitative estimate of drug-likeness (QED) is 0.552. The molecule has 4 rings (SSSR count). The zero-order valence-corrected chi connectivity index (χ0v) is 19.3. The highest BCUT2D eigenvalue weighted by molar-refractivity contribution is 5.87. The maximum Gasteiger partial charge on any atom is 0.318 e. The Morgan fingerprint density at radius 2 is 2.18 bits per heavy atom. The highest BCUT2D eigenvalue weighted by Gasteiger charge is 2.24. The maximum atomic E-state index is 12.7. The SMILES string of the molecule is COc1ccc(CNC(=O)N2CC=C(c3cc(OCC(C)(C)O)cn4ncc(C#N)c34)C2)cn1. The summed E-state index contributed by atoms with van der Waals surface area (Å²) in [4.78, 5) is 18.6. The van der Waals surface area contributed by atoms with Crippen molar-refractivity contribution in [2.24, 2.45) is 0 Å². The van der Waals surface area contributed by atoms with Crippen LogP contribution >= 0.6 is 0 Å². The Balaban J connectivity index is 1.49. The van der Waals surface area contributed by atoms with Crippen molar-refractivity contribution in [1.82, 2.24) is 24.8 Å². The first-order valence-electron chi connectivity index (χ1n) is 10.7. The normalized spacial score (nSPS) is 13.5. The molecule has 2 N–H and O–H groups in total. The van der Waals surface area contributed by atoms with E-state index in [-0.39, 0.29) is 12.6 Å². The van der Waals surface area contributed by atoms with Crippen LogP contribution in [0, 0.1) is 11.3 Å². The van der Waals surface area contributed by atoms with Crippen molar-refractivity contribution < 1.29 is 19.4 Å². The van der Waals surface area contributed by atoms with E-state index in [4.69, 9.17) is 9.47 Å². The molecular weight excluding hydrogens is 436 g/mol. The number of urea groups is 1. The van der Waals surface area contributed by atoms with Crippen molar-refractivity contribution in [3.8, 4) is 17.7 Å². The second-order valence-electron chi connectivity index (χ2n) is 8.63. The molecule has 0 spiro atoms. The van der Waals surface area contributed by atoms with Crippen molar-refractivity contribution in [3.63, 3.8) is 0 Å². The molecule has 3 aromatic heterocycles. The Bertz CT molecular complexity index is 1270. The summed E-state index contributed by atoms with van der Waals surface area (Å²) in [5.74, 6) is 1.02. The number of amides is 2. The van der Waals surface area contributed by atoms with Crippen LogP contribution in [0.4, 0.5) is 4.79 Å². The Morgan fingerprint density at radius 1 is 1.35 bits per heavy atom. The summed E-state index contributed by atoms with van der Waals surface area (Å²) >= 11 is 0. The van der Waals surface area contributed by atoms with Crippen molar-refractivity contribution in [3.05, 3.63) is 59.6 Å². The van der Waals surface area contributed by atoms with Gasteiger partial charge >= 0.3 is 6.03 Å². The molecule has 0 atom stereocenters. The summed E-state index contributed by atoms with van der Waals surface area (Å²) in [7, 11) is 1.55. The lowest BCUT2D eigenvalue weighted by Gasteiger charge is -2.19. The molecule has 176 valence electrons. The molecule has 0 saturated heterocycles. The number of nitrogens with one attached hydrogen (secondary N) is 1. The molecule has 3 aromatic rings. The smallest absolute Gasteiger partial charge is 0.318 e. The molecule has 0 aromatic carbocycles. The van der Waals surface area contributed by atoms with Crippen LogP contribution in [0.1, 0.15) is 30.5 Å². The fourth-order valence-electron chi connectivity index (χ4n) is 3.59. The van der Waals surface area contributed by atoms with E-state index < -0.39 is 5.60 Å². The predicted octanol–water partition coefficient (Wildman–Crippen LogP) is 2.37. The molecule has 0 aliphatic carbocycles. The molecule has 1 aliphatic heterocycles. The summed E-state index contributed by atoms with van der Waals surface area (Å²) in [6, 6.07) is 7.37. The van der Waals surface area contributed by atoms with E-state index in [1.807, 2.05) is 18.2 Å². The van der Waals surface area contributed by atoms with Crippen molar-refractivity contribution in [2.45, 2.75) is 26.0 Å². The Labute approximate surface area is 197 Å². The number of fused-ring (bicyclic) bond motifs is 1. The van der Waals surface area contributed by atoms with Crippen LogP contribution in [0.25, 0.3) is 11.1 Å². The predicted molar refractivity (Wildman–Crippen MR) is 124 cm³/mol. The van der Waals surface area contributed by atoms with Gasteiger partial charge in [0.15, 0.2) is 0 Å². The topological polar surface area (TPSA) is 125 Å². The number of hydrogen-bond donors (Lipinski definition) is 2. The number of pyridine rings is 2. The molecule has 0 fully saturated rings. The zero-order chi connectivity index (χ0) is 24.3. The zero-order valence-electron chi connectivity index (χ0n) is 19.3. The van der Waals surface area contributed by atoms with Gasteiger partial charge in [0.05, 0.1) is 36.2 Å². The summed E-state index contributed by atoms with van der Waals surface area (Å²) in [6.07, 6.45) is 6.79. The monoisotopic (exact) mass is 462 g/mol. The van der Waals surface area contributed by atoms with E-state index in [9.17, 15) is 15.2 Å². The number of rotatable bonds is 7. The van der Waals surface area contributed by atoms with Gasteiger partial charge in [-0.3, -0.25) is 0 Å². The number of methoxy groups -OCH3 is 1. The number of nitrogens with zero attached hydrogens (tertiary/aromatic N) is 5. The van der Waals surface area contributed by atoms with Gasteiger partial charge in [-0.05, 0) is 31.1 Å². The van der Waals surface area contributed by atoms with Crippen LogP contribution in [0.3, 0.4) is 0 Å². The summed E-state index contributed by atoms with van der Waals surface area (Å²) in [6.45, 7) is 4.55. The minimum Gasteiger partial charge on any atom is -0.489 e. The fraction of sp³-hybridized carbons (Fsp3) is 0.333. The number of aromatic nitrogens is 3. The third-order valence-corrected chi connectivity index (χ3v) is 5.30. The Hall–Kier alpha value is -4.10. The van der Waals surface area contributed by atoms with Gasteiger partial charge in [0.25, 0.3) is 0 Å². The van der Waals surface area contributed by atoms with Gasteiger partial charge in [0.2, 0.25) is 5.88 Å². The first-order valence-corrected chi connectivity index (χ1v) is 10.7. The minimum absolute atomic E-state index is 0.0954. The van der Waals surface area contributed by atoms with Gasteiger partial charge in [-0.1, -0.05) is 12.1 Å². The third kappa shape index (κ3) is 5.10. The Kier molecular flexibility index (Phi) is 6.38. The lowest BCUT2D eigenvalue weighted by Crippen LogP contribution is -2.38. The molecule has 1 aliphatic rings. The molecule has 34 heavy (non-hydrogen) atoms. The molecule has 0 unspecified atom stereocenters. The highest BCUT2D eigenvalue weighted by Crippen LogP contribution is 2.30. The third-order valence-electron chi connectivity index (χ3n) is 5.30. The van der Waals surface area contributed by atoms with Gasteiger partial charge < -0.3 is 24.8 Å². The van der Waals surface area contributed by atoms with E-state index in [0.29, 0.717) is 42.3 Å². The van der Waals surface area contributed by atoms with Crippen LogP contribution in [0.2, 0.25) is 0 Å². The van der Waals surface area contributed by atoms with Crippen molar-refractivity contribution >= 4 is 17.1 Å². The maximum absolute atomic E-state index is 12.7. The number of carbonyl (C=O) groups is 1. The molecule has 0 saturated carbocycles. The van der Waals surface area contributed by atoms with Gasteiger partial charge in [-0.15, -0.1) is 0 Å². The molecule has 0 bridgehead atoms. The van der Waals surface area contributed by atoms with Crippen LogP contribution in [-0.4, -0.2) is 63.0 Å². The van der Waals surface area contributed by atoms with Crippen LogP contribution in [-0.2, 0) is 6.54 Å².